The molecule has 1 rings (SSSR count). The van der Waals surface area contributed by atoms with Gasteiger partial charge < -0.3 is 139 Å². The fourth-order valence-electron chi connectivity index (χ4n) is 11.5. The van der Waals surface area contributed by atoms with E-state index in [4.69, 9.17) is 34.4 Å². The maximum atomic E-state index is 14.6. The molecule has 44 heteroatoms. The molecule has 0 aliphatic carbocycles. The van der Waals surface area contributed by atoms with E-state index in [0.717, 1.165) is 6.92 Å². The Hall–Kier alpha value is -11.0. The third-order valence-corrected chi connectivity index (χ3v) is 19.2. The molecule has 0 aromatic heterocycles. The highest BCUT2D eigenvalue weighted by atomic mass is 16.4. The van der Waals surface area contributed by atoms with Gasteiger partial charge in [-0.1, -0.05) is 94.2 Å². The third kappa shape index (κ3) is 38.1. The highest BCUT2D eigenvalue weighted by Crippen LogP contribution is 2.17. The Bertz CT molecular complexity index is 3600. The summed E-state index contributed by atoms with van der Waals surface area (Å²) in [5, 5.41) is 95.7. The zero-order valence-electron chi connectivity index (χ0n) is 69.9. The second-order valence-electron chi connectivity index (χ2n) is 30.5. The summed E-state index contributed by atoms with van der Waals surface area (Å²) >= 11 is 0. The number of aliphatic carboxylic acids is 1. The summed E-state index contributed by atoms with van der Waals surface area (Å²) in [5.41, 5.74) is 33.7. The fraction of sp³-hybridized carbons (Fsp3) is 0.680. The van der Waals surface area contributed by atoms with Crippen molar-refractivity contribution in [3.05, 3.63) is 29.8 Å². The third-order valence-electron chi connectivity index (χ3n) is 19.2. The molecule has 0 radical (unpaired) electrons. The van der Waals surface area contributed by atoms with Gasteiger partial charge in [0.15, 0.2) is 5.96 Å². The second kappa shape index (κ2) is 53.5. The maximum absolute atomic E-state index is 14.6. The summed E-state index contributed by atoms with van der Waals surface area (Å²) in [5.74, 6) is -21.8. The predicted molar refractivity (Wildman–Crippen MR) is 431 cm³/mol. The number of carbonyl (C=O) groups is 17. The van der Waals surface area contributed by atoms with Gasteiger partial charge >= 0.3 is 5.97 Å². The first-order valence-electron chi connectivity index (χ1n) is 39.5. The van der Waals surface area contributed by atoms with Crippen molar-refractivity contribution in [2.24, 2.45) is 69.0 Å². The van der Waals surface area contributed by atoms with E-state index < -0.39 is 266 Å². The summed E-state index contributed by atoms with van der Waals surface area (Å²) < 4.78 is 0. The van der Waals surface area contributed by atoms with Crippen molar-refractivity contribution in [2.45, 2.75) is 270 Å². The van der Waals surface area contributed by atoms with Gasteiger partial charge in [0, 0.05) is 19.4 Å². The molecule has 0 heterocycles. The summed E-state index contributed by atoms with van der Waals surface area (Å²) in [4.78, 5) is 236. The van der Waals surface area contributed by atoms with Crippen LogP contribution in [-0.2, 0) is 87.9 Å². The van der Waals surface area contributed by atoms with E-state index in [1.807, 2.05) is 0 Å². The average Bonchev–Trinajstić information content (AvgIpc) is 0.854. The van der Waals surface area contributed by atoms with Crippen LogP contribution < -0.4 is 109 Å². The highest BCUT2D eigenvalue weighted by Gasteiger charge is 2.41. The lowest BCUT2D eigenvalue weighted by molar-refractivity contribution is -0.143. The molecule has 119 heavy (non-hydrogen) atoms. The number of benzene rings is 1. The first-order valence-corrected chi connectivity index (χ1v) is 39.5. The van der Waals surface area contributed by atoms with E-state index >= 15 is 0 Å². The Kier molecular flexibility index (Phi) is 47.6. The standard InChI is InChI=1S/C75H129N21O23/c1-14-37(9)57(94-62(106)45(20-18-28-82-75(80)81)84-66(110)50(32-97)91-72(116)58(38(10)15-2)95-68(112)54(79)40(12)99)71(115)83-39(11)60(104)92-55(35(5)6)70(114)90-51(33-98)67(111)87-47(30-42-21-23-43(101)24-22-42)64(108)85-46(25-26-52(77)102)63(107)96-59(41(13)100)73(117)86-44(19-16-17-27-76)61(105)93-56(36(7)8)69(113)88-48(31-53(78)103)65(109)89-49(74(118)119)29-34(3)4/h21-24,34-41,44-51,54-59,97-101H,14-20,25-33,76,79H2,1-13H3,(H2,77,102)(H2,78,103)(H,83,115)(H,84,110)(H,85,108)(H,86,117)(H,87,111)(H,88,113)(H,89,109)(H,90,114)(H,91,116)(H,92,104)(H,93,105)(H,94,106)(H,95,112)(H,96,107)(H,118,119)(H4,80,81,82)/t37-,38-,39-,40+,41+,44-,45-,46-,47-,48-,49-,50-,51-,54-,55-,56-,57-,58-,59-/m0/s1. The SMILES string of the molecule is CC[C@H](C)[C@H](NC(=O)[C@H](CCCN=C(N)N)NC(=O)[C@H](CO)NC(=O)[C@@H](NC(=O)[C@@H](N)[C@@H](C)O)[C@@H](C)CC)C(=O)N[C@@H](C)C(=O)N[C@H](C(=O)N[C@@H](CO)C(=O)N[C@@H](Cc1ccc(O)cc1)C(=O)N[C@@H](CCC(N)=O)C(=O)N[C@H](C(=O)N[C@@H](CCCCN)C(=O)N[C@H](C(=O)N[C@@H](CC(N)=O)C(=O)N[C@@H](CC(C)C)C(=O)O)C(C)C)[C@@H](C)O)C(C)C. The molecule has 1 aromatic carbocycles. The van der Waals surface area contributed by atoms with Crippen molar-refractivity contribution in [1.29, 1.82) is 0 Å². The Labute approximate surface area is 691 Å². The maximum Gasteiger partial charge on any atom is 0.326 e. The van der Waals surface area contributed by atoms with Gasteiger partial charge in [-0.2, -0.15) is 0 Å². The average molecular weight is 1690 g/mol. The van der Waals surface area contributed by atoms with Crippen LogP contribution in [0, 0.1) is 29.6 Å². The Balaban J connectivity index is 3.64. The summed E-state index contributed by atoms with van der Waals surface area (Å²) in [6.45, 7) is 17.5. The van der Waals surface area contributed by atoms with E-state index in [9.17, 15) is 112 Å². The molecule has 44 nitrogen and oxygen atoms in total. The lowest BCUT2D eigenvalue weighted by atomic mass is 9.96. The largest absolute Gasteiger partial charge is 0.508 e. The van der Waals surface area contributed by atoms with E-state index in [1.54, 1.807) is 41.5 Å². The molecule has 16 amide bonds. The van der Waals surface area contributed by atoms with Gasteiger partial charge in [0.25, 0.3) is 0 Å². The summed E-state index contributed by atoms with van der Waals surface area (Å²) in [6.07, 6.45) is -4.83. The molecule has 1 aromatic rings. The number of aliphatic imine (C=N–C) groups is 1. The first-order chi connectivity index (χ1) is 55.6. The van der Waals surface area contributed by atoms with Crippen molar-refractivity contribution in [3.8, 4) is 5.75 Å². The number of aromatic hydroxyl groups is 1. The minimum absolute atomic E-state index is 0.0234. The number of hydrogen-bond acceptors (Lipinski definition) is 25. The molecule has 0 saturated carbocycles. The summed E-state index contributed by atoms with van der Waals surface area (Å²) in [6, 6.07) is -19.0. The van der Waals surface area contributed by atoms with Crippen LogP contribution in [0.2, 0.25) is 0 Å². The molecule has 32 N–H and O–H groups in total. The topological polar surface area (TPSA) is 748 Å². The number of unbranched alkanes of at least 4 members (excludes halogenated alkanes) is 1. The Morgan fingerprint density at radius 1 is 0.403 bits per heavy atom. The molecule has 0 spiro atoms. The van der Waals surface area contributed by atoms with Crippen LogP contribution in [0.25, 0.3) is 0 Å². The number of nitrogens with two attached hydrogens (primary N) is 6. The molecular weight excluding hydrogens is 1560 g/mol. The number of rotatable bonds is 56. The number of carbonyl (C=O) groups excluding carboxylic acids is 16. The Morgan fingerprint density at radius 2 is 0.773 bits per heavy atom. The molecular formula is C75H129N21O23. The van der Waals surface area contributed by atoms with Crippen molar-refractivity contribution in [3.63, 3.8) is 0 Å². The van der Waals surface area contributed by atoms with Crippen molar-refractivity contribution in [2.75, 3.05) is 26.3 Å². The van der Waals surface area contributed by atoms with Crippen molar-refractivity contribution in [1.82, 2.24) is 74.4 Å². The van der Waals surface area contributed by atoms with Gasteiger partial charge in [-0.05, 0) is 120 Å². The molecule has 0 fully saturated rings. The van der Waals surface area contributed by atoms with E-state index in [2.05, 4.69) is 79.4 Å². The zero-order valence-corrected chi connectivity index (χ0v) is 69.9. The van der Waals surface area contributed by atoms with Gasteiger partial charge in [-0.15, -0.1) is 0 Å². The number of nitrogens with zero attached hydrogens (tertiary/aromatic N) is 1. The number of nitrogens with one attached hydrogen (secondary N) is 14. The lowest BCUT2D eigenvalue weighted by Crippen LogP contribution is -2.63. The normalized spacial score (nSPS) is 16.1. The van der Waals surface area contributed by atoms with E-state index in [1.165, 1.54) is 65.8 Å². The van der Waals surface area contributed by atoms with Crippen LogP contribution in [0.15, 0.2) is 29.3 Å². The van der Waals surface area contributed by atoms with Crippen LogP contribution in [0.1, 0.15) is 166 Å². The quantitative estimate of drug-likeness (QED) is 0.0164. The van der Waals surface area contributed by atoms with Gasteiger partial charge in [0.05, 0.1) is 31.8 Å². The van der Waals surface area contributed by atoms with Crippen LogP contribution in [0.3, 0.4) is 0 Å². The number of amides is 16. The van der Waals surface area contributed by atoms with Gasteiger partial charge in [-0.3, -0.25) is 81.7 Å². The molecule has 0 unspecified atom stereocenters. The van der Waals surface area contributed by atoms with Crippen molar-refractivity contribution >= 4 is 106 Å². The minimum Gasteiger partial charge on any atom is -0.508 e. The second-order valence-corrected chi connectivity index (χ2v) is 30.5. The molecule has 0 saturated heterocycles. The zero-order chi connectivity index (χ0) is 91.0. The first kappa shape index (κ1) is 106. The van der Waals surface area contributed by atoms with E-state index in [-0.39, 0.29) is 74.8 Å². The molecule has 0 aliphatic heterocycles. The summed E-state index contributed by atoms with van der Waals surface area (Å²) in [7, 11) is 0. The van der Waals surface area contributed by atoms with E-state index in [0.29, 0.717) is 12.8 Å². The predicted octanol–water partition coefficient (Wildman–Crippen LogP) is -8.33. The number of hydrogen-bond donors (Lipinski definition) is 26. The van der Waals surface area contributed by atoms with Gasteiger partial charge in [0.1, 0.15) is 96.4 Å². The van der Waals surface area contributed by atoms with Crippen LogP contribution in [-0.4, -0.2) is 266 Å². The Morgan fingerprint density at radius 3 is 1.19 bits per heavy atom. The lowest BCUT2D eigenvalue weighted by Gasteiger charge is -2.30. The minimum atomic E-state index is -1.97. The monoisotopic (exact) mass is 1690 g/mol. The van der Waals surface area contributed by atoms with Crippen LogP contribution in [0.4, 0.5) is 0 Å². The number of guanidine groups is 1. The van der Waals surface area contributed by atoms with Crippen molar-refractivity contribution < 1.29 is 112 Å². The highest BCUT2D eigenvalue weighted by molar-refractivity contribution is 6.01. The number of carboxylic acid groups (broad SMARTS) is 1. The number of carboxylic acids is 1. The number of aliphatic hydroxyl groups excluding tert-OH is 4. The molecule has 0 aliphatic rings. The van der Waals surface area contributed by atoms with Gasteiger partial charge in [0.2, 0.25) is 94.5 Å². The smallest absolute Gasteiger partial charge is 0.326 e. The number of phenolic OH excluding ortho intramolecular Hbond substituents is 1. The van der Waals surface area contributed by atoms with Gasteiger partial charge in [-0.25, -0.2) is 4.79 Å². The van der Waals surface area contributed by atoms with Crippen LogP contribution >= 0.6 is 0 Å². The van der Waals surface area contributed by atoms with Crippen LogP contribution in [0.5, 0.6) is 5.75 Å². The molecule has 0 bridgehead atoms. The number of phenols is 1. The molecule has 19 atom stereocenters. The number of aliphatic hydroxyl groups is 4. The number of primary amides is 2. The fourth-order valence-corrected chi connectivity index (χ4v) is 11.5. The molecule has 672 valence electrons.